The van der Waals surface area contributed by atoms with E-state index >= 15 is 0 Å². The third-order valence-corrected chi connectivity index (χ3v) is 6.46. The monoisotopic (exact) mass is 403 g/mol. The molecule has 0 bridgehead atoms. The van der Waals surface area contributed by atoms with E-state index in [9.17, 15) is 13.2 Å². The fraction of sp³-hybridized carbons (Fsp3) is 0.588. The number of carbonyl (C=O) groups is 1. The summed E-state index contributed by atoms with van der Waals surface area (Å²) in [6.07, 6.45) is 4.46. The number of methoxy groups -OCH3 is 1. The van der Waals surface area contributed by atoms with Gasteiger partial charge in [0.25, 0.3) is 0 Å². The van der Waals surface area contributed by atoms with Crippen LogP contribution in [-0.2, 0) is 14.8 Å². The van der Waals surface area contributed by atoms with Gasteiger partial charge >= 0.3 is 0 Å². The van der Waals surface area contributed by atoms with Gasteiger partial charge in [-0.15, -0.1) is 12.4 Å². The number of sulfonamides is 1. The third-order valence-electron chi connectivity index (χ3n) is 4.94. The smallest absolute Gasteiger partial charge is 0.240 e. The molecule has 7 nitrogen and oxygen atoms in total. The van der Waals surface area contributed by atoms with Crippen LogP contribution in [-0.4, -0.2) is 34.0 Å². The molecule has 0 unspecified atom stereocenters. The molecule has 2 saturated carbocycles. The van der Waals surface area contributed by atoms with Crippen LogP contribution in [0.5, 0.6) is 5.75 Å². The van der Waals surface area contributed by atoms with E-state index in [0.29, 0.717) is 18.0 Å². The number of carbonyl (C=O) groups excluding carboxylic acids is 1. The molecule has 0 aliphatic heterocycles. The van der Waals surface area contributed by atoms with Crippen molar-refractivity contribution in [2.75, 3.05) is 19.0 Å². The van der Waals surface area contributed by atoms with Crippen LogP contribution in [0.15, 0.2) is 23.1 Å². The molecular weight excluding hydrogens is 378 g/mol. The fourth-order valence-corrected chi connectivity index (χ4v) is 4.66. The highest BCUT2D eigenvalue weighted by Crippen LogP contribution is 2.34. The van der Waals surface area contributed by atoms with Gasteiger partial charge in [0.2, 0.25) is 15.9 Å². The summed E-state index contributed by atoms with van der Waals surface area (Å²) in [5.74, 6) is 0.339. The molecule has 2 atom stereocenters. The van der Waals surface area contributed by atoms with Crippen LogP contribution in [0.25, 0.3) is 0 Å². The second-order valence-corrected chi connectivity index (χ2v) is 8.49. The lowest BCUT2D eigenvalue weighted by molar-refractivity contribution is -0.120. The van der Waals surface area contributed by atoms with Crippen molar-refractivity contribution in [1.82, 2.24) is 4.72 Å². The summed E-state index contributed by atoms with van der Waals surface area (Å²) in [4.78, 5) is 12.7. The second kappa shape index (κ2) is 8.56. The van der Waals surface area contributed by atoms with E-state index in [1.54, 1.807) is 6.07 Å². The first-order valence-electron chi connectivity index (χ1n) is 8.66. The first-order chi connectivity index (χ1) is 11.9. The largest absolute Gasteiger partial charge is 0.495 e. The number of ether oxygens (including phenoxy) is 1. The van der Waals surface area contributed by atoms with E-state index in [-0.39, 0.29) is 41.1 Å². The van der Waals surface area contributed by atoms with Crippen LogP contribution in [0.1, 0.15) is 32.1 Å². The summed E-state index contributed by atoms with van der Waals surface area (Å²) in [5.41, 5.74) is 6.12. The van der Waals surface area contributed by atoms with Gasteiger partial charge in [-0.2, -0.15) is 0 Å². The van der Waals surface area contributed by atoms with E-state index in [1.165, 1.54) is 19.2 Å². The molecule has 0 radical (unpaired) electrons. The molecule has 0 saturated heterocycles. The Bertz CT molecular complexity index is 752. The maximum atomic E-state index is 12.6. The van der Waals surface area contributed by atoms with Gasteiger partial charge in [0.1, 0.15) is 5.75 Å². The Kier molecular flexibility index (Phi) is 6.90. The van der Waals surface area contributed by atoms with Crippen LogP contribution in [0, 0.1) is 11.8 Å². The van der Waals surface area contributed by atoms with Crippen LogP contribution >= 0.6 is 12.4 Å². The maximum absolute atomic E-state index is 12.6. The number of anilines is 1. The molecule has 0 heterocycles. The molecule has 2 aliphatic rings. The first-order valence-corrected chi connectivity index (χ1v) is 10.1. The highest BCUT2D eigenvalue weighted by atomic mass is 35.5. The second-order valence-electron chi connectivity index (χ2n) is 6.78. The average Bonchev–Trinajstić information content (AvgIpc) is 3.25. The van der Waals surface area contributed by atoms with Gasteiger partial charge in [-0.1, -0.05) is 6.42 Å². The number of hydrogen-bond donors (Lipinski definition) is 3. The molecule has 3 rings (SSSR count). The van der Waals surface area contributed by atoms with E-state index in [1.807, 2.05) is 0 Å². The number of amides is 1. The summed E-state index contributed by atoms with van der Waals surface area (Å²) < 4.78 is 32.7. The minimum atomic E-state index is -3.59. The van der Waals surface area contributed by atoms with Gasteiger partial charge in [0.15, 0.2) is 0 Å². The summed E-state index contributed by atoms with van der Waals surface area (Å²) in [6, 6.07) is 4.52. The number of halogens is 1. The van der Waals surface area contributed by atoms with Crippen LogP contribution in [0.2, 0.25) is 0 Å². The lowest BCUT2D eigenvalue weighted by Gasteiger charge is -2.19. The fourth-order valence-electron chi connectivity index (χ4n) is 3.33. The normalized spacial score (nSPS) is 22.5. The topological polar surface area (TPSA) is 111 Å². The Labute approximate surface area is 160 Å². The van der Waals surface area contributed by atoms with Crippen molar-refractivity contribution in [3.63, 3.8) is 0 Å². The van der Waals surface area contributed by atoms with Gasteiger partial charge in [-0.05, 0) is 56.3 Å². The summed E-state index contributed by atoms with van der Waals surface area (Å²) in [5, 5.41) is 2.84. The minimum absolute atomic E-state index is 0. The van der Waals surface area contributed by atoms with Crippen molar-refractivity contribution < 1.29 is 17.9 Å². The van der Waals surface area contributed by atoms with Crippen molar-refractivity contribution in [1.29, 1.82) is 0 Å². The van der Waals surface area contributed by atoms with Crippen molar-refractivity contribution in [2.24, 2.45) is 17.6 Å². The lowest BCUT2D eigenvalue weighted by atomic mass is 9.95. The number of hydrogen-bond acceptors (Lipinski definition) is 5. The molecule has 1 aromatic rings. The molecule has 2 aliphatic carbocycles. The molecule has 26 heavy (non-hydrogen) atoms. The Morgan fingerprint density at radius 2 is 2.00 bits per heavy atom. The number of nitrogens with one attached hydrogen (secondary N) is 2. The molecule has 2 fully saturated rings. The van der Waals surface area contributed by atoms with Gasteiger partial charge < -0.3 is 15.8 Å². The molecule has 9 heteroatoms. The van der Waals surface area contributed by atoms with Crippen molar-refractivity contribution in [2.45, 2.75) is 43.0 Å². The summed E-state index contributed by atoms with van der Waals surface area (Å²) in [6.45, 7) is 0.481. The van der Waals surface area contributed by atoms with Crippen molar-refractivity contribution in [3.05, 3.63) is 18.2 Å². The van der Waals surface area contributed by atoms with Gasteiger partial charge in [0, 0.05) is 12.0 Å². The highest BCUT2D eigenvalue weighted by molar-refractivity contribution is 7.89. The molecule has 1 aromatic carbocycles. The van der Waals surface area contributed by atoms with E-state index in [4.69, 9.17) is 10.5 Å². The predicted octanol–water partition coefficient (Wildman–Crippen LogP) is 1.87. The zero-order valence-electron chi connectivity index (χ0n) is 14.7. The number of nitrogens with two attached hydrogens (primary N) is 1. The Morgan fingerprint density at radius 3 is 2.62 bits per heavy atom. The molecule has 0 spiro atoms. The van der Waals surface area contributed by atoms with Gasteiger partial charge in [-0.3, -0.25) is 4.79 Å². The zero-order chi connectivity index (χ0) is 18.0. The van der Waals surface area contributed by atoms with Gasteiger partial charge in [-0.25, -0.2) is 13.1 Å². The van der Waals surface area contributed by atoms with Crippen LogP contribution in [0.3, 0.4) is 0 Å². The average molecular weight is 404 g/mol. The van der Waals surface area contributed by atoms with Crippen molar-refractivity contribution >= 4 is 34.0 Å². The quantitative estimate of drug-likeness (QED) is 0.643. The van der Waals surface area contributed by atoms with E-state index in [0.717, 1.165) is 32.1 Å². The number of rotatable bonds is 7. The third kappa shape index (κ3) is 4.68. The van der Waals surface area contributed by atoms with Crippen LogP contribution < -0.4 is 20.5 Å². The zero-order valence-corrected chi connectivity index (χ0v) is 16.4. The SMILES string of the molecule is COc1ccc(S(=O)(=O)NC2CC2)cc1NC(=O)[C@@H]1CCC[C@@H]1CN.Cl. The number of benzene rings is 1. The molecule has 1 amide bonds. The minimum Gasteiger partial charge on any atom is -0.495 e. The molecule has 0 aromatic heterocycles. The first kappa shape index (κ1) is 21.0. The molecular formula is C17H26ClN3O4S. The summed E-state index contributed by atoms with van der Waals surface area (Å²) in [7, 11) is -2.11. The Hall–Kier alpha value is -1.35. The Balaban J connectivity index is 0.00000243. The maximum Gasteiger partial charge on any atom is 0.240 e. The Morgan fingerprint density at radius 1 is 1.27 bits per heavy atom. The highest BCUT2D eigenvalue weighted by Gasteiger charge is 2.33. The predicted molar refractivity (Wildman–Crippen MR) is 102 cm³/mol. The lowest BCUT2D eigenvalue weighted by Crippen LogP contribution is -2.30. The van der Waals surface area contributed by atoms with E-state index in [2.05, 4.69) is 10.0 Å². The van der Waals surface area contributed by atoms with Crippen molar-refractivity contribution in [3.8, 4) is 5.75 Å². The standard InChI is InChI=1S/C17H25N3O4S.ClH/c1-24-16-8-7-13(25(22,23)20-12-5-6-12)9-15(16)19-17(21)14-4-2-3-11(14)10-18;/h7-9,11-12,14,20H,2-6,10,18H2,1H3,(H,19,21);1H/t11-,14-;/m1./s1. The van der Waals surface area contributed by atoms with Gasteiger partial charge in [0.05, 0.1) is 17.7 Å². The van der Waals surface area contributed by atoms with E-state index < -0.39 is 10.0 Å². The van der Waals surface area contributed by atoms with Crippen LogP contribution in [0.4, 0.5) is 5.69 Å². The molecule has 146 valence electrons. The molecule has 4 N–H and O–H groups in total. The summed E-state index contributed by atoms with van der Waals surface area (Å²) >= 11 is 0.